The third-order valence-electron chi connectivity index (χ3n) is 2.19. The Kier molecular flexibility index (Phi) is 5.25. The largest absolute Gasteiger partial charge is 0.355 e. The second-order valence-electron chi connectivity index (χ2n) is 3.56. The average molecular weight is 286 g/mol. The highest BCUT2D eigenvalue weighted by Gasteiger charge is 2.16. The third-order valence-corrected chi connectivity index (χ3v) is 2.52. The maximum absolute atomic E-state index is 11.8. The zero-order valence-corrected chi connectivity index (χ0v) is 10.9. The van der Waals surface area contributed by atoms with E-state index in [0.29, 0.717) is 6.54 Å². The van der Waals surface area contributed by atoms with Crippen molar-refractivity contribution in [3.63, 3.8) is 0 Å². The lowest BCUT2D eigenvalue weighted by molar-refractivity contribution is -0.384. The molecule has 7 nitrogen and oxygen atoms in total. The van der Waals surface area contributed by atoms with Gasteiger partial charge in [0.2, 0.25) is 5.91 Å². The molecule has 0 heterocycles. The molecule has 0 aliphatic heterocycles. The molecule has 0 aromatic heterocycles. The highest BCUT2D eigenvalue weighted by Crippen LogP contribution is 2.21. The molecule has 0 unspecified atom stereocenters. The highest BCUT2D eigenvalue weighted by molar-refractivity contribution is 6.34. The van der Waals surface area contributed by atoms with Crippen LogP contribution in [0.1, 0.15) is 17.3 Å². The molecule has 0 aliphatic carbocycles. The molecule has 0 atom stereocenters. The molecule has 102 valence electrons. The smallest absolute Gasteiger partial charge is 0.270 e. The van der Waals surface area contributed by atoms with Crippen LogP contribution in [-0.2, 0) is 4.79 Å². The lowest BCUT2D eigenvalue weighted by Crippen LogP contribution is -2.36. The van der Waals surface area contributed by atoms with E-state index in [9.17, 15) is 19.7 Å². The van der Waals surface area contributed by atoms with E-state index in [2.05, 4.69) is 10.6 Å². The molecule has 2 N–H and O–H groups in total. The van der Waals surface area contributed by atoms with Crippen LogP contribution in [-0.4, -0.2) is 29.8 Å². The minimum Gasteiger partial charge on any atom is -0.355 e. The van der Waals surface area contributed by atoms with Gasteiger partial charge >= 0.3 is 0 Å². The summed E-state index contributed by atoms with van der Waals surface area (Å²) in [5.74, 6) is -0.989. The molecule has 0 fully saturated rings. The SMILES string of the molecule is CCNC(=O)CNC(=O)c1cc([N+](=O)[O-])ccc1Cl. The number of halogens is 1. The van der Waals surface area contributed by atoms with Gasteiger partial charge in [0.25, 0.3) is 11.6 Å². The quantitative estimate of drug-likeness (QED) is 0.625. The molecule has 0 spiro atoms. The van der Waals surface area contributed by atoms with Gasteiger partial charge in [0.15, 0.2) is 0 Å². The summed E-state index contributed by atoms with van der Waals surface area (Å²) >= 11 is 5.79. The number of hydrogen-bond donors (Lipinski definition) is 2. The summed E-state index contributed by atoms with van der Waals surface area (Å²) < 4.78 is 0. The Morgan fingerprint density at radius 2 is 2.05 bits per heavy atom. The Morgan fingerprint density at radius 3 is 2.63 bits per heavy atom. The first-order valence-electron chi connectivity index (χ1n) is 5.44. The summed E-state index contributed by atoms with van der Waals surface area (Å²) in [6.45, 7) is 1.98. The van der Waals surface area contributed by atoms with Crippen LogP contribution in [0.25, 0.3) is 0 Å². The van der Waals surface area contributed by atoms with Gasteiger partial charge in [-0.2, -0.15) is 0 Å². The fourth-order valence-corrected chi connectivity index (χ4v) is 1.52. The lowest BCUT2D eigenvalue weighted by atomic mass is 10.2. The zero-order chi connectivity index (χ0) is 14.4. The van der Waals surface area contributed by atoms with Gasteiger partial charge in [0.1, 0.15) is 0 Å². The summed E-state index contributed by atoms with van der Waals surface area (Å²) in [5, 5.41) is 15.5. The number of nitro benzene ring substituents is 1. The number of nitrogens with one attached hydrogen (secondary N) is 2. The number of carbonyl (C=O) groups excluding carboxylic acids is 2. The fraction of sp³-hybridized carbons (Fsp3) is 0.273. The molecule has 1 aromatic carbocycles. The zero-order valence-electron chi connectivity index (χ0n) is 10.1. The Balaban J connectivity index is 2.79. The van der Waals surface area contributed by atoms with E-state index in [1.165, 1.54) is 12.1 Å². The van der Waals surface area contributed by atoms with E-state index < -0.39 is 10.8 Å². The second-order valence-corrected chi connectivity index (χ2v) is 3.96. The summed E-state index contributed by atoms with van der Waals surface area (Å²) in [6, 6.07) is 3.53. The molecule has 0 saturated carbocycles. The summed E-state index contributed by atoms with van der Waals surface area (Å²) in [6.07, 6.45) is 0. The first kappa shape index (κ1) is 14.9. The van der Waals surface area contributed by atoms with Gasteiger partial charge in [-0.05, 0) is 13.0 Å². The Bertz CT molecular complexity index is 519. The van der Waals surface area contributed by atoms with Gasteiger partial charge in [-0.1, -0.05) is 11.6 Å². The van der Waals surface area contributed by atoms with Crippen LogP contribution in [0, 0.1) is 10.1 Å². The molecule has 19 heavy (non-hydrogen) atoms. The van der Waals surface area contributed by atoms with Crippen molar-refractivity contribution in [3.05, 3.63) is 38.9 Å². The van der Waals surface area contributed by atoms with E-state index in [-0.39, 0.29) is 28.7 Å². The molecule has 0 radical (unpaired) electrons. The number of carbonyl (C=O) groups is 2. The van der Waals surface area contributed by atoms with Crippen molar-refractivity contribution in [1.82, 2.24) is 10.6 Å². The number of non-ortho nitro benzene ring substituents is 1. The van der Waals surface area contributed by atoms with Crippen molar-refractivity contribution in [2.24, 2.45) is 0 Å². The van der Waals surface area contributed by atoms with Gasteiger partial charge in [-0.15, -0.1) is 0 Å². The van der Waals surface area contributed by atoms with Gasteiger partial charge < -0.3 is 10.6 Å². The topological polar surface area (TPSA) is 101 Å². The summed E-state index contributed by atoms with van der Waals surface area (Å²) in [4.78, 5) is 32.9. The predicted molar refractivity (Wildman–Crippen MR) is 69.1 cm³/mol. The van der Waals surface area contributed by atoms with E-state index in [4.69, 9.17) is 11.6 Å². The van der Waals surface area contributed by atoms with Crippen LogP contribution in [0.4, 0.5) is 5.69 Å². The van der Waals surface area contributed by atoms with Crippen LogP contribution in [0.2, 0.25) is 5.02 Å². The Labute approximate surface area is 114 Å². The second kappa shape index (κ2) is 6.69. The van der Waals surface area contributed by atoms with E-state index in [1.54, 1.807) is 6.92 Å². The van der Waals surface area contributed by atoms with Gasteiger partial charge in [0, 0.05) is 18.7 Å². The number of nitro groups is 1. The lowest BCUT2D eigenvalue weighted by Gasteiger charge is -2.06. The minimum atomic E-state index is -0.639. The van der Waals surface area contributed by atoms with Gasteiger partial charge in [-0.3, -0.25) is 19.7 Å². The summed E-state index contributed by atoms with van der Waals surface area (Å²) in [5.41, 5.74) is -0.285. The molecule has 0 aliphatic rings. The Hall–Kier alpha value is -2.15. The molecule has 0 bridgehead atoms. The Morgan fingerprint density at radius 1 is 1.37 bits per heavy atom. The van der Waals surface area contributed by atoms with E-state index in [1.807, 2.05) is 0 Å². The predicted octanol–water partition coefficient (Wildman–Crippen LogP) is 1.11. The first-order valence-corrected chi connectivity index (χ1v) is 5.82. The number of benzene rings is 1. The first-order chi connectivity index (χ1) is 8.95. The average Bonchev–Trinajstić information content (AvgIpc) is 2.36. The number of likely N-dealkylation sites (N-methyl/N-ethyl adjacent to an activating group) is 1. The van der Waals surface area contributed by atoms with Crippen molar-refractivity contribution < 1.29 is 14.5 Å². The third kappa shape index (κ3) is 4.22. The fourth-order valence-electron chi connectivity index (χ4n) is 1.32. The molecular weight excluding hydrogens is 274 g/mol. The minimum absolute atomic E-state index is 0.0415. The van der Waals surface area contributed by atoms with Crippen LogP contribution in [0.3, 0.4) is 0 Å². The normalized spacial score (nSPS) is 9.79. The van der Waals surface area contributed by atoms with Crippen LogP contribution < -0.4 is 10.6 Å². The van der Waals surface area contributed by atoms with E-state index >= 15 is 0 Å². The molecule has 8 heteroatoms. The van der Waals surface area contributed by atoms with Gasteiger partial charge in [-0.25, -0.2) is 0 Å². The maximum Gasteiger partial charge on any atom is 0.270 e. The van der Waals surface area contributed by atoms with E-state index in [0.717, 1.165) is 6.07 Å². The molecule has 0 saturated heterocycles. The molecular formula is C11H12ClN3O4. The standard InChI is InChI=1S/C11H12ClN3O4/c1-2-13-10(16)6-14-11(17)8-5-7(15(18)19)3-4-9(8)12/h3-5H,2,6H2,1H3,(H,13,16)(H,14,17). The van der Waals surface area contributed by atoms with Crippen molar-refractivity contribution in [2.45, 2.75) is 6.92 Å². The van der Waals surface area contributed by atoms with Crippen LogP contribution in [0.5, 0.6) is 0 Å². The van der Waals surface area contributed by atoms with Gasteiger partial charge in [0.05, 0.1) is 22.1 Å². The molecule has 1 rings (SSSR count). The van der Waals surface area contributed by atoms with Crippen molar-refractivity contribution >= 4 is 29.1 Å². The van der Waals surface area contributed by atoms with Crippen molar-refractivity contribution in [2.75, 3.05) is 13.1 Å². The van der Waals surface area contributed by atoms with Crippen LogP contribution >= 0.6 is 11.6 Å². The molecule has 2 amide bonds. The highest BCUT2D eigenvalue weighted by atomic mass is 35.5. The summed E-state index contributed by atoms with van der Waals surface area (Å²) in [7, 11) is 0. The number of nitrogens with zero attached hydrogens (tertiary/aromatic N) is 1. The number of amides is 2. The van der Waals surface area contributed by atoms with Crippen molar-refractivity contribution in [3.8, 4) is 0 Å². The number of hydrogen-bond acceptors (Lipinski definition) is 4. The molecule has 1 aromatic rings. The van der Waals surface area contributed by atoms with Crippen LogP contribution in [0.15, 0.2) is 18.2 Å². The number of rotatable bonds is 5. The monoisotopic (exact) mass is 285 g/mol. The maximum atomic E-state index is 11.8. The van der Waals surface area contributed by atoms with Crippen molar-refractivity contribution in [1.29, 1.82) is 0 Å².